The highest BCUT2D eigenvalue weighted by atomic mass is 32.2. The highest BCUT2D eigenvalue weighted by molar-refractivity contribution is 7.77. The van der Waals surface area contributed by atoms with Gasteiger partial charge in [-0.1, -0.05) is 91.0 Å². The molecule has 2 aromatic heterocycles. The van der Waals surface area contributed by atoms with E-state index in [4.69, 9.17) is 0 Å². The van der Waals surface area contributed by atoms with Gasteiger partial charge in [0.2, 0.25) is 5.13 Å². The predicted octanol–water partition coefficient (Wildman–Crippen LogP) is 5.78. The Morgan fingerprint density at radius 2 is 1.56 bits per heavy atom. The third-order valence-corrected chi connectivity index (χ3v) is 8.00. The summed E-state index contributed by atoms with van der Waals surface area (Å²) in [5.74, 6) is 0.618. The predicted molar refractivity (Wildman–Crippen MR) is 169 cm³/mol. The third kappa shape index (κ3) is 8.85. The fraction of sp³-hybridized carbons (Fsp3) is 0.188. The molecule has 11 heteroatoms. The topological polar surface area (TPSA) is 123 Å². The van der Waals surface area contributed by atoms with E-state index in [0.29, 0.717) is 30.5 Å². The fourth-order valence-corrected chi connectivity index (χ4v) is 5.63. The zero-order valence-corrected chi connectivity index (χ0v) is 25.0. The number of nitrogens with zero attached hydrogens (tertiary/aromatic N) is 4. The molecule has 220 valence electrons. The lowest BCUT2D eigenvalue weighted by molar-refractivity contribution is 0.210. The maximum atomic E-state index is 13.6. The molecule has 0 radical (unpaired) electrons. The highest BCUT2D eigenvalue weighted by Gasteiger charge is 2.20. The molecule has 1 atom stereocenters. The normalized spacial score (nSPS) is 11.8. The second-order valence-electron chi connectivity index (χ2n) is 9.83. The van der Waals surface area contributed by atoms with E-state index < -0.39 is 11.3 Å². The molecule has 0 fully saturated rings. The number of nitrogens with one attached hydrogen (secondary N) is 2. The minimum atomic E-state index is -2.32. The number of hydrogen-bond acceptors (Lipinski definition) is 7. The molecule has 0 aliphatic carbocycles. The van der Waals surface area contributed by atoms with Crippen molar-refractivity contribution in [2.24, 2.45) is 0 Å². The number of anilines is 1. The van der Waals surface area contributed by atoms with Crippen LogP contribution >= 0.6 is 11.5 Å². The number of hydrogen-bond donors (Lipinski definition) is 2. The number of pyridine rings is 1. The summed E-state index contributed by atoms with van der Waals surface area (Å²) in [6, 6.07) is 33.5. The van der Waals surface area contributed by atoms with Gasteiger partial charge in [-0.05, 0) is 35.2 Å². The molecule has 1 unspecified atom stereocenters. The summed E-state index contributed by atoms with van der Waals surface area (Å²) < 4.78 is 28.3. The van der Waals surface area contributed by atoms with Crippen LogP contribution in [0.1, 0.15) is 34.7 Å². The molecule has 43 heavy (non-hydrogen) atoms. The summed E-state index contributed by atoms with van der Waals surface area (Å²) in [5, 5.41) is 3.35. The van der Waals surface area contributed by atoms with E-state index in [1.165, 1.54) is 11.1 Å². The SMILES string of the molecule is O=C(Nc1nc(-c2ccc(CNS(=O)[O-])cc2)ns1)N(CCc1ccccn1)CCC(c1ccccc1)c1ccccc1. The molecule has 5 rings (SSSR count). The summed E-state index contributed by atoms with van der Waals surface area (Å²) in [6.07, 6.45) is 3.13. The summed E-state index contributed by atoms with van der Waals surface area (Å²) in [5.41, 5.74) is 4.90. The van der Waals surface area contributed by atoms with E-state index in [0.717, 1.165) is 34.8 Å². The van der Waals surface area contributed by atoms with Gasteiger partial charge in [0.05, 0.1) is 0 Å². The molecule has 9 nitrogen and oxygen atoms in total. The second-order valence-corrected chi connectivity index (χ2v) is 11.3. The van der Waals surface area contributed by atoms with E-state index in [2.05, 4.69) is 48.6 Å². The summed E-state index contributed by atoms with van der Waals surface area (Å²) in [4.78, 5) is 24.4. The van der Waals surface area contributed by atoms with Gasteiger partial charge in [-0.2, -0.15) is 9.36 Å². The Morgan fingerprint density at radius 1 is 0.884 bits per heavy atom. The van der Waals surface area contributed by atoms with Gasteiger partial charge in [0, 0.05) is 72.2 Å². The molecule has 0 aliphatic heterocycles. The van der Waals surface area contributed by atoms with Crippen molar-refractivity contribution in [3.63, 3.8) is 0 Å². The van der Waals surface area contributed by atoms with Crippen LogP contribution in [0.4, 0.5) is 9.93 Å². The average Bonchev–Trinajstić information content (AvgIpc) is 3.51. The van der Waals surface area contributed by atoms with Crippen LogP contribution in [-0.4, -0.2) is 47.1 Å². The van der Waals surface area contributed by atoms with E-state index in [-0.39, 0.29) is 18.5 Å². The van der Waals surface area contributed by atoms with E-state index in [9.17, 15) is 13.6 Å². The van der Waals surface area contributed by atoms with Crippen molar-refractivity contribution >= 4 is 34.0 Å². The minimum absolute atomic E-state index is 0.132. The molecule has 5 aromatic rings. The van der Waals surface area contributed by atoms with Crippen LogP contribution in [0.25, 0.3) is 11.4 Å². The van der Waals surface area contributed by atoms with Gasteiger partial charge in [0.15, 0.2) is 5.82 Å². The molecule has 0 saturated carbocycles. The van der Waals surface area contributed by atoms with Gasteiger partial charge in [-0.15, -0.1) is 0 Å². The van der Waals surface area contributed by atoms with Crippen molar-refractivity contribution in [3.05, 3.63) is 132 Å². The van der Waals surface area contributed by atoms with E-state index in [1.807, 2.05) is 83.8 Å². The van der Waals surface area contributed by atoms with Crippen molar-refractivity contribution in [1.82, 2.24) is 24.0 Å². The summed E-state index contributed by atoms with van der Waals surface area (Å²) >= 11 is -1.21. The Bertz CT molecular complexity index is 1560. The number of benzene rings is 3. The Morgan fingerprint density at radius 3 is 2.19 bits per heavy atom. The second kappa shape index (κ2) is 15.3. The van der Waals surface area contributed by atoms with Crippen molar-refractivity contribution in [3.8, 4) is 11.4 Å². The lowest BCUT2D eigenvalue weighted by Gasteiger charge is -2.26. The van der Waals surface area contributed by atoms with Crippen molar-refractivity contribution in [2.75, 3.05) is 18.4 Å². The Hall–Kier alpha value is -4.29. The van der Waals surface area contributed by atoms with Gasteiger partial charge >= 0.3 is 6.03 Å². The molecule has 3 aromatic carbocycles. The first-order valence-electron chi connectivity index (χ1n) is 13.9. The molecule has 2 amide bonds. The first-order valence-corrected chi connectivity index (χ1v) is 15.7. The molecule has 2 N–H and O–H groups in total. The number of rotatable bonds is 13. The molecular formula is C32H31N6O3S2-. The summed E-state index contributed by atoms with van der Waals surface area (Å²) in [7, 11) is 0. The first-order chi connectivity index (χ1) is 21.0. The van der Waals surface area contributed by atoms with Crippen LogP contribution in [-0.2, 0) is 24.2 Å². The van der Waals surface area contributed by atoms with Crippen LogP contribution < -0.4 is 10.0 Å². The average molecular weight is 612 g/mol. The standard InChI is InChI=1S/C32H32N6O3S2/c39-32(36-31-35-30(37-42-31)27-16-14-24(15-17-27)23-34-43(40)41)38(21-18-28-13-7-8-20-33-28)22-19-29(25-9-3-1-4-10-25)26-11-5-2-6-12-26/h1-17,20,29,34H,18-19,21-23H2,(H,40,41)(H,35,36,37,39)/p-1. The number of aromatic nitrogens is 3. The minimum Gasteiger partial charge on any atom is -0.760 e. The van der Waals surface area contributed by atoms with E-state index in [1.54, 1.807) is 6.20 Å². The molecule has 0 aliphatic rings. The monoisotopic (exact) mass is 611 g/mol. The van der Waals surface area contributed by atoms with Gasteiger partial charge < -0.3 is 9.45 Å². The van der Waals surface area contributed by atoms with Crippen molar-refractivity contribution in [1.29, 1.82) is 0 Å². The smallest absolute Gasteiger partial charge is 0.323 e. The summed E-state index contributed by atoms with van der Waals surface area (Å²) in [6.45, 7) is 1.23. The number of urea groups is 1. The lowest BCUT2D eigenvalue weighted by Crippen LogP contribution is -2.38. The first kappa shape index (κ1) is 30.2. The fourth-order valence-electron chi connectivity index (χ4n) is 4.77. The maximum Gasteiger partial charge on any atom is 0.323 e. The van der Waals surface area contributed by atoms with Gasteiger partial charge in [0.25, 0.3) is 0 Å². The van der Waals surface area contributed by atoms with Gasteiger partial charge in [-0.25, -0.2) is 9.52 Å². The number of carbonyl (C=O) groups excluding carboxylic acids is 1. The van der Waals surface area contributed by atoms with Crippen molar-refractivity contribution in [2.45, 2.75) is 25.3 Å². The number of amides is 2. The maximum absolute atomic E-state index is 13.6. The molecule has 0 spiro atoms. The quantitative estimate of drug-likeness (QED) is 0.163. The highest BCUT2D eigenvalue weighted by Crippen LogP contribution is 2.28. The van der Waals surface area contributed by atoms with Crippen LogP contribution in [0.15, 0.2) is 109 Å². The molecule has 0 bridgehead atoms. The largest absolute Gasteiger partial charge is 0.760 e. The van der Waals surface area contributed by atoms with Crippen LogP contribution in [0, 0.1) is 0 Å². The van der Waals surface area contributed by atoms with Crippen molar-refractivity contribution < 1.29 is 13.6 Å². The van der Waals surface area contributed by atoms with Crippen LogP contribution in [0.2, 0.25) is 0 Å². The van der Waals surface area contributed by atoms with Gasteiger partial charge in [0.1, 0.15) is 0 Å². The Labute approximate surface area is 257 Å². The van der Waals surface area contributed by atoms with Gasteiger partial charge in [-0.3, -0.25) is 14.5 Å². The van der Waals surface area contributed by atoms with Crippen LogP contribution in [0.3, 0.4) is 0 Å². The van der Waals surface area contributed by atoms with Crippen LogP contribution in [0.5, 0.6) is 0 Å². The zero-order valence-electron chi connectivity index (χ0n) is 23.3. The Kier molecular flexibility index (Phi) is 10.7. The zero-order chi connectivity index (χ0) is 29.9. The Balaban J connectivity index is 1.29. The number of carbonyl (C=O) groups is 1. The molecule has 2 heterocycles. The lowest BCUT2D eigenvalue weighted by atomic mass is 9.88. The molecule has 0 saturated heterocycles. The van der Waals surface area contributed by atoms with E-state index >= 15 is 0 Å². The molecular weight excluding hydrogens is 581 g/mol. The third-order valence-electron chi connectivity index (χ3n) is 6.99.